The Hall–Kier alpha value is -2.31. The summed E-state index contributed by atoms with van der Waals surface area (Å²) in [7, 11) is 1.57. The minimum atomic E-state index is -0.468. The van der Waals surface area contributed by atoms with Crippen LogP contribution in [0.25, 0.3) is 0 Å². The van der Waals surface area contributed by atoms with Crippen molar-refractivity contribution >= 4 is 5.69 Å². The van der Waals surface area contributed by atoms with Crippen molar-refractivity contribution in [2.45, 2.75) is 26.9 Å². The van der Waals surface area contributed by atoms with Crippen LogP contribution in [0, 0.1) is 6.92 Å². The molecule has 0 saturated heterocycles. The predicted octanol–water partition coefficient (Wildman–Crippen LogP) is -0.298. The molecule has 0 atom stereocenters. The molecular formula is C12H17N5O2. The number of aromatic nitrogens is 4. The van der Waals surface area contributed by atoms with Gasteiger partial charge in [-0.2, -0.15) is 5.10 Å². The Morgan fingerprint density at radius 3 is 2.68 bits per heavy atom. The van der Waals surface area contributed by atoms with E-state index in [0.29, 0.717) is 6.54 Å². The van der Waals surface area contributed by atoms with Gasteiger partial charge in [0.1, 0.15) is 5.69 Å². The maximum atomic E-state index is 12.0. The Morgan fingerprint density at radius 2 is 2.05 bits per heavy atom. The van der Waals surface area contributed by atoms with Gasteiger partial charge in [0.2, 0.25) is 0 Å². The molecule has 2 N–H and O–H groups in total. The molecule has 2 aromatic heterocycles. The van der Waals surface area contributed by atoms with Crippen molar-refractivity contribution in [3.8, 4) is 0 Å². The number of hydrogen-bond acceptors (Lipinski definition) is 4. The van der Waals surface area contributed by atoms with Gasteiger partial charge in [-0.05, 0) is 19.9 Å². The van der Waals surface area contributed by atoms with Crippen LogP contribution < -0.4 is 17.0 Å². The fraction of sp³-hybridized carbons (Fsp3) is 0.417. The predicted molar refractivity (Wildman–Crippen MR) is 72.1 cm³/mol. The lowest BCUT2D eigenvalue weighted by atomic mass is 10.3. The molecule has 0 unspecified atom stereocenters. The van der Waals surface area contributed by atoms with Crippen molar-refractivity contribution < 1.29 is 0 Å². The monoisotopic (exact) mass is 263 g/mol. The summed E-state index contributed by atoms with van der Waals surface area (Å²) >= 11 is 0. The van der Waals surface area contributed by atoms with Gasteiger partial charge in [-0.3, -0.25) is 14.0 Å². The van der Waals surface area contributed by atoms with E-state index in [9.17, 15) is 9.59 Å². The molecule has 0 aliphatic carbocycles. The fourth-order valence-corrected chi connectivity index (χ4v) is 2.05. The van der Waals surface area contributed by atoms with Crippen LogP contribution in [-0.4, -0.2) is 18.9 Å². The molecule has 0 amide bonds. The zero-order chi connectivity index (χ0) is 14.2. The first-order chi connectivity index (χ1) is 8.93. The molecule has 0 aromatic carbocycles. The second kappa shape index (κ2) is 4.75. The maximum Gasteiger partial charge on any atom is 0.331 e. The Morgan fingerprint density at radius 1 is 1.37 bits per heavy atom. The summed E-state index contributed by atoms with van der Waals surface area (Å²) < 4.78 is 4.19. The number of nitrogens with two attached hydrogens (primary N) is 1. The number of nitrogen functional groups attached to an aromatic ring is 1. The molecule has 102 valence electrons. The first kappa shape index (κ1) is 13.1. The Balaban J connectivity index is 2.55. The van der Waals surface area contributed by atoms with Gasteiger partial charge in [0.25, 0.3) is 5.56 Å². The summed E-state index contributed by atoms with van der Waals surface area (Å²) in [5, 5.41) is 4.29. The highest BCUT2D eigenvalue weighted by atomic mass is 16.2. The number of aryl methyl sites for hydroxylation is 3. The number of rotatable bonds is 3. The lowest BCUT2D eigenvalue weighted by Gasteiger charge is -2.09. The molecule has 0 saturated carbocycles. The van der Waals surface area contributed by atoms with E-state index in [1.54, 1.807) is 11.7 Å². The van der Waals surface area contributed by atoms with Gasteiger partial charge in [0.05, 0.1) is 17.9 Å². The average molecular weight is 263 g/mol. The molecule has 2 heterocycles. The van der Waals surface area contributed by atoms with Crippen molar-refractivity contribution in [1.29, 1.82) is 0 Å². The summed E-state index contributed by atoms with van der Waals surface area (Å²) in [5.74, 6) is 0. The van der Waals surface area contributed by atoms with E-state index < -0.39 is 5.56 Å². The highest BCUT2D eigenvalue weighted by Crippen LogP contribution is 2.04. The zero-order valence-electron chi connectivity index (χ0n) is 11.3. The molecule has 2 aromatic rings. The van der Waals surface area contributed by atoms with Gasteiger partial charge in [0, 0.05) is 19.8 Å². The van der Waals surface area contributed by atoms with Gasteiger partial charge in [-0.15, -0.1) is 0 Å². The van der Waals surface area contributed by atoms with Crippen molar-refractivity contribution in [3.63, 3.8) is 0 Å². The summed E-state index contributed by atoms with van der Waals surface area (Å²) in [6, 6.07) is 1.86. The van der Waals surface area contributed by atoms with Crippen LogP contribution in [0.5, 0.6) is 0 Å². The van der Waals surface area contributed by atoms with Gasteiger partial charge in [-0.1, -0.05) is 0 Å². The van der Waals surface area contributed by atoms with Gasteiger partial charge >= 0.3 is 5.69 Å². The molecule has 0 fully saturated rings. The van der Waals surface area contributed by atoms with Crippen molar-refractivity contribution in [1.82, 2.24) is 18.9 Å². The average Bonchev–Trinajstić information content (AvgIpc) is 2.72. The van der Waals surface area contributed by atoms with Gasteiger partial charge < -0.3 is 10.3 Å². The Bertz CT molecular complexity index is 688. The molecule has 0 radical (unpaired) electrons. The molecule has 0 bridgehead atoms. The lowest BCUT2D eigenvalue weighted by molar-refractivity contribution is 0.568. The lowest BCUT2D eigenvalue weighted by Crippen LogP contribution is -2.40. The van der Waals surface area contributed by atoms with E-state index in [4.69, 9.17) is 5.73 Å². The van der Waals surface area contributed by atoms with E-state index in [0.717, 1.165) is 16.0 Å². The molecule has 0 spiro atoms. The third-order valence-corrected chi connectivity index (χ3v) is 2.96. The molecule has 0 aliphatic heterocycles. The van der Waals surface area contributed by atoms with Crippen molar-refractivity contribution in [2.75, 3.05) is 5.73 Å². The highest BCUT2D eigenvalue weighted by Gasteiger charge is 2.11. The molecule has 7 heteroatoms. The minimum absolute atomic E-state index is 0.0568. The van der Waals surface area contributed by atoms with Crippen LogP contribution in [-0.2, 0) is 20.1 Å². The van der Waals surface area contributed by atoms with Crippen LogP contribution in [0.1, 0.15) is 18.3 Å². The van der Waals surface area contributed by atoms with Crippen LogP contribution in [0.4, 0.5) is 5.69 Å². The van der Waals surface area contributed by atoms with E-state index in [1.807, 2.05) is 19.9 Å². The van der Waals surface area contributed by atoms with Crippen LogP contribution in [0.3, 0.4) is 0 Å². The molecule has 7 nitrogen and oxygen atoms in total. The SMILES string of the molecule is CCn1nc(C)cc1Cn1c(=O)c(N)cn(C)c1=O. The normalized spacial score (nSPS) is 10.9. The summed E-state index contributed by atoms with van der Waals surface area (Å²) in [4.78, 5) is 23.9. The Labute approximate surface area is 109 Å². The number of hydrogen-bond donors (Lipinski definition) is 1. The third-order valence-electron chi connectivity index (χ3n) is 2.96. The quantitative estimate of drug-likeness (QED) is 0.823. The van der Waals surface area contributed by atoms with Crippen molar-refractivity contribution in [3.05, 3.63) is 44.5 Å². The van der Waals surface area contributed by atoms with Gasteiger partial charge in [-0.25, -0.2) is 4.79 Å². The topological polar surface area (TPSA) is 87.8 Å². The second-order valence-electron chi connectivity index (χ2n) is 4.46. The van der Waals surface area contributed by atoms with E-state index in [-0.39, 0.29) is 17.9 Å². The number of nitrogens with zero attached hydrogens (tertiary/aromatic N) is 4. The minimum Gasteiger partial charge on any atom is -0.393 e. The smallest absolute Gasteiger partial charge is 0.331 e. The van der Waals surface area contributed by atoms with E-state index in [1.165, 1.54) is 10.8 Å². The summed E-state index contributed by atoms with van der Waals surface area (Å²) in [5.41, 5.74) is 6.47. The van der Waals surface area contributed by atoms with Crippen LogP contribution >= 0.6 is 0 Å². The maximum absolute atomic E-state index is 12.0. The van der Waals surface area contributed by atoms with E-state index >= 15 is 0 Å². The van der Waals surface area contributed by atoms with Crippen molar-refractivity contribution in [2.24, 2.45) is 7.05 Å². The van der Waals surface area contributed by atoms with Crippen LogP contribution in [0.2, 0.25) is 0 Å². The molecule has 0 aliphatic rings. The molecule has 2 rings (SSSR count). The van der Waals surface area contributed by atoms with E-state index in [2.05, 4.69) is 5.10 Å². The first-order valence-electron chi connectivity index (χ1n) is 6.03. The standard InChI is InChI=1S/C12H17N5O2/c1-4-17-9(5-8(2)14-17)6-16-11(18)10(13)7-15(3)12(16)19/h5,7H,4,6,13H2,1-3H3. The fourth-order valence-electron chi connectivity index (χ4n) is 2.05. The first-order valence-corrected chi connectivity index (χ1v) is 6.03. The highest BCUT2D eigenvalue weighted by molar-refractivity contribution is 5.31. The largest absolute Gasteiger partial charge is 0.393 e. The molecular weight excluding hydrogens is 246 g/mol. The number of anilines is 1. The third kappa shape index (κ3) is 2.31. The Kier molecular flexibility index (Phi) is 3.28. The van der Waals surface area contributed by atoms with Gasteiger partial charge in [0.15, 0.2) is 0 Å². The second-order valence-corrected chi connectivity index (χ2v) is 4.46. The van der Waals surface area contributed by atoms with Crippen LogP contribution in [0.15, 0.2) is 21.9 Å². The molecule has 19 heavy (non-hydrogen) atoms. The summed E-state index contributed by atoms with van der Waals surface area (Å²) in [6.45, 7) is 4.68. The zero-order valence-corrected chi connectivity index (χ0v) is 11.3. The summed E-state index contributed by atoms with van der Waals surface area (Å²) in [6.07, 6.45) is 1.34.